The molecule has 0 saturated heterocycles. The van der Waals surface area contributed by atoms with Gasteiger partial charge >= 0.3 is 0 Å². The summed E-state index contributed by atoms with van der Waals surface area (Å²) in [4.78, 5) is 24.6. The summed E-state index contributed by atoms with van der Waals surface area (Å²) in [5, 5.41) is 1.64. The van der Waals surface area contributed by atoms with E-state index in [0.717, 1.165) is 0 Å². The van der Waals surface area contributed by atoms with Gasteiger partial charge < -0.3 is 0 Å². The lowest BCUT2D eigenvalue weighted by Gasteiger charge is -2.10. The molecule has 0 amide bonds. The van der Waals surface area contributed by atoms with E-state index in [0.29, 0.717) is 32.9 Å². The minimum absolute atomic E-state index is 0.123. The number of aromatic nitrogens is 1. The van der Waals surface area contributed by atoms with Crippen molar-refractivity contribution >= 4 is 75.3 Å². The zero-order chi connectivity index (χ0) is 21.5. The fourth-order valence-electron chi connectivity index (χ4n) is 3.44. The Hall–Kier alpha value is -2.29. The Morgan fingerprint density at radius 3 is 1.63 bits per heavy atom. The van der Waals surface area contributed by atoms with Crippen LogP contribution < -0.4 is 0 Å². The second-order valence-electron chi connectivity index (χ2n) is 6.66. The molecule has 4 rings (SSSR count). The van der Waals surface area contributed by atoms with Crippen molar-refractivity contribution in [2.75, 3.05) is 10.7 Å². The molecule has 3 aromatic carbocycles. The summed E-state index contributed by atoms with van der Waals surface area (Å²) < 4.78 is 28.4. The molecule has 0 fully saturated rings. The third-order valence-corrected chi connectivity index (χ3v) is 7.65. The van der Waals surface area contributed by atoms with Gasteiger partial charge in [-0.15, -0.1) is 0 Å². The van der Waals surface area contributed by atoms with Crippen LogP contribution >= 0.6 is 31.9 Å². The molecular formula is C22H15Br2NO4S. The largest absolute Gasteiger partial charge is 0.293 e. The zero-order valence-electron chi connectivity index (χ0n) is 15.5. The van der Waals surface area contributed by atoms with E-state index in [9.17, 15) is 18.0 Å². The van der Waals surface area contributed by atoms with E-state index < -0.39 is 10.0 Å². The van der Waals surface area contributed by atoms with Gasteiger partial charge in [0.2, 0.25) is 0 Å². The van der Waals surface area contributed by atoms with Gasteiger partial charge in [-0.3, -0.25) is 9.59 Å². The van der Waals surface area contributed by atoms with Crippen LogP contribution in [0.15, 0.2) is 71.6 Å². The Bertz CT molecular complexity index is 1340. The lowest BCUT2D eigenvalue weighted by Crippen LogP contribution is -2.13. The van der Waals surface area contributed by atoms with Crippen LogP contribution in [0.4, 0.5) is 0 Å². The molecule has 152 valence electrons. The first kappa shape index (κ1) is 21.0. The van der Waals surface area contributed by atoms with Crippen LogP contribution in [0.3, 0.4) is 0 Å². The molecule has 30 heavy (non-hydrogen) atoms. The summed E-state index contributed by atoms with van der Waals surface area (Å²) in [5.41, 5.74) is 1.60. The number of halogens is 2. The van der Waals surface area contributed by atoms with Crippen LogP contribution in [0.1, 0.15) is 20.7 Å². The molecule has 0 spiro atoms. The predicted octanol–water partition coefficient (Wildman–Crippen LogP) is 5.19. The van der Waals surface area contributed by atoms with Gasteiger partial charge in [0.15, 0.2) is 11.6 Å². The monoisotopic (exact) mass is 547 g/mol. The average molecular weight is 549 g/mol. The van der Waals surface area contributed by atoms with Crippen LogP contribution in [0.5, 0.6) is 0 Å². The van der Waals surface area contributed by atoms with Crippen LogP contribution in [0.2, 0.25) is 0 Å². The molecule has 0 bridgehead atoms. The normalized spacial score (nSPS) is 11.8. The highest BCUT2D eigenvalue weighted by atomic mass is 79.9. The number of hydrogen-bond donors (Lipinski definition) is 0. The summed E-state index contributed by atoms with van der Waals surface area (Å²) in [7, 11) is -3.98. The first-order valence-corrected chi connectivity index (χ1v) is 12.6. The molecule has 0 atom stereocenters. The number of rotatable bonds is 6. The third-order valence-electron chi connectivity index (χ3n) is 4.89. The Balaban J connectivity index is 2.14. The maximum atomic E-state index is 13.6. The number of ketones is 2. The summed E-state index contributed by atoms with van der Waals surface area (Å²) >= 11 is 6.32. The molecular weight excluding hydrogens is 534 g/mol. The van der Waals surface area contributed by atoms with Crippen molar-refractivity contribution < 1.29 is 18.0 Å². The molecule has 1 aromatic heterocycles. The van der Waals surface area contributed by atoms with E-state index in [1.165, 1.54) is 16.1 Å². The molecule has 5 nitrogen and oxygen atoms in total. The molecule has 4 aromatic rings. The molecule has 0 aliphatic heterocycles. The van der Waals surface area contributed by atoms with Crippen molar-refractivity contribution in [2.45, 2.75) is 4.90 Å². The standard InChI is InChI=1S/C22H15Br2NO4S/c23-12-21(26)14-6-8-17-18-9-7-15(22(27)13-24)11-20(18)25(19(17)10-14)30(28,29)16-4-2-1-3-5-16/h1-11H,12-13H2. The molecule has 0 aliphatic carbocycles. The van der Waals surface area contributed by atoms with Crippen molar-refractivity contribution in [1.29, 1.82) is 0 Å². The van der Waals surface area contributed by atoms with E-state index in [2.05, 4.69) is 31.9 Å². The summed E-state index contributed by atoms with van der Waals surface area (Å²) in [6.07, 6.45) is 0. The Kier molecular flexibility index (Phi) is 5.65. The van der Waals surface area contributed by atoms with Crippen molar-refractivity contribution in [3.05, 3.63) is 77.9 Å². The van der Waals surface area contributed by atoms with Crippen LogP contribution in [0.25, 0.3) is 21.8 Å². The van der Waals surface area contributed by atoms with Gasteiger partial charge in [0.25, 0.3) is 10.0 Å². The predicted molar refractivity (Wildman–Crippen MR) is 125 cm³/mol. The van der Waals surface area contributed by atoms with Gasteiger partial charge in [0.1, 0.15) is 0 Å². The number of Topliss-reactive ketones (excluding diaryl/α,β-unsaturated/α-hetero) is 2. The van der Waals surface area contributed by atoms with Gasteiger partial charge in [0.05, 0.1) is 26.6 Å². The van der Waals surface area contributed by atoms with Crippen molar-refractivity contribution in [1.82, 2.24) is 3.97 Å². The second-order valence-corrected chi connectivity index (χ2v) is 9.57. The van der Waals surface area contributed by atoms with E-state index in [1.54, 1.807) is 54.6 Å². The van der Waals surface area contributed by atoms with Crippen LogP contribution in [-0.2, 0) is 10.0 Å². The van der Waals surface area contributed by atoms with E-state index >= 15 is 0 Å². The number of nitrogens with zero attached hydrogens (tertiary/aromatic N) is 1. The molecule has 0 radical (unpaired) electrons. The van der Waals surface area contributed by atoms with Gasteiger partial charge in [0, 0.05) is 21.9 Å². The summed E-state index contributed by atoms with van der Waals surface area (Å²) in [6, 6.07) is 18.1. The first-order valence-electron chi connectivity index (χ1n) is 8.95. The smallest absolute Gasteiger partial charge is 0.268 e. The fraction of sp³-hybridized carbons (Fsp3) is 0.0909. The molecule has 0 N–H and O–H groups in total. The second kappa shape index (κ2) is 8.09. The van der Waals surface area contributed by atoms with Gasteiger partial charge in [-0.05, 0) is 24.3 Å². The van der Waals surface area contributed by atoms with Crippen molar-refractivity contribution in [3.63, 3.8) is 0 Å². The molecule has 0 aliphatic rings. The maximum absolute atomic E-state index is 13.6. The highest BCUT2D eigenvalue weighted by molar-refractivity contribution is 9.09. The lowest BCUT2D eigenvalue weighted by atomic mass is 10.1. The zero-order valence-corrected chi connectivity index (χ0v) is 19.5. The third kappa shape index (κ3) is 3.42. The number of benzene rings is 3. The quantitative estimate of drug-likeness (QED) is 0.245. The average Bonchev–Trinajstić information content (AvgIpc) is 3.11. The van der Waals surface area contributed by atoms with E-state index in [-0.39, 0.29) is 27.1 Å². The van der Waals surface area contributed by atoms with Crippen molar-refractivity contribution in [3.8, 4) is 0 Å². The van der Waals surface area contributed by atoms with E-state index in [4.69, 9.17) is 0 Å². The Morgan fingerprint density at radius 2 is 1.20 bits per heavy atom. The Morgan fingerprint density at radius 1 is 0.733 bits per heavy atom. The number of hydrogen-bond acceptors (Lipinski definition) is 4. The number of alkyl halides is 2. The maximum Gasteiger partial charge on any atom is 0.268 e. The van der Waals surface area contributed by atoms with Crippen LogP contribution in [0, 0.1) is 0 Å². The minimum atomic E-state index is -3.98. The van der Waals surface area contributed by atoms with Gasteiger partial charge in [-0.25, -0.2) is 12.4 Å². The summed E-state index contributed by atoms with van der Waals surface area (Å²) in [6.45, 7) is 0. The SMILES string of the molecule is O=C(CBr)c1ccc2c3ccc(C(=O)CBr)cc3n(S(=O)(=O)c3ccccc3)c2c1. The number of carbonyl (C=O) groups excluding carboxylic acids is 2. The number of carbonyl (C=O) groups is 2. The number of fused-ring (bicyclic) bond motifs is 3. The Labute approximate surface area is 190 Å². The topological polar surface area (TPSA) is 73.2 Å². The first-order chi connectivity index (χ1) is 14.4. The van der Waals surface area contributed by atoms with Gasteiger partial charge in [-0.2, -0.15) is 0 Å². The summed E-state index contributed by atoms with van der Waals surface area (Å²) in [5.74, 6) is -0.304. The van der Waals surface area contributed by atoms with E-state index in [1.807, 2.05) is 0 Å². The highest BCUT2D eigenvalue weighted by Gasteiger charge is 2.24. The molecule has 0 saturated carbocycles. The molecule has 8 heteroatoms. The molecule has 1 heterocycles. The minimum Gasteiger partial charge on any atom is -0.293 e. The lowest BCUT2D eigenvalue weighted by molar-refractivity contribution is 0.101. The van der Waals surface area contributed by atoms with Crippen LogP contribution in [-0.4, -0.2) is 34.6 Å². The van der Waals surface area contributed by atoms with Crippen molar-refractivity contribution in [2.24, 2.45) is 0 Å². The van der Waals surface area contributed by atoms with Gasteiger partial charge in [-0.1, -0.05) is 74.3 Å². The fourth-order valence-corrected chi connectivity index (χ4v) is 5.62. The molecule has 0 unspecified atom stereocenters. The highest BCUT2D eigenvalue weighted by Crippen LogP contribution is 2.34.